The molecule has 6 nitrogen and oxygen atoms in total. The third-order valence-corrected chi connectivity index (χ3v) is 5.68. The number of hydrogen-bond donors (Lipinski definition) is 2. The third kappa shape index (κ3) is 3.50. The van der Waals surface area contributed by atoms with Crippen molar-refractivity contribution < 1.29 is 9.18 Å². The van der Waals surface area contributed by atoms with Crippen LogP contribution in [-0.4, -0.2) is 26.0 Å². The van der Waals surface area contributed by atoms with E-state index >= 15 is 0 Å². The van der Waals surface area contributed by atoms with Gasteiger partial charge in [-0.2, -0.15) is 0 Å². The smallest absolute Gasteiger partial charge is 0.240 e. The van der Waals surface area contributed by atoms with Crippen molar-refractivity contribution in [2.24, 2.45) is 0 Å². The topological polar surface area (TPSA) is 71.8 Å². The molecule has 1 aliphatic rings. The van der Waals surface area contributed by atoms with Gasteiger partial charge in [-0.25, -0.2) is 9.07 Å². The van der Waals surface area contributed by atoms with Gasteiger partial charge >= 0.3 is 0 Å². The molecule has 0 unspecified atom stereocenters. The number of amides is 1. The van der Waals surface area contributed by atoms with E-state index in [1.54, 1.807) is 28.9 Å². The molecule has 0 spiro atoms. The molecule has 27 heavy (non-hydrogen) atoms. The Kier molecular flexibility index (Phi) is 4.75. The van der Waals surface area contributed by atoms with Crippen LogP contribution in [0.1, 0.15) is 17.4 Å². The minimum atomic E-state index is -0.582. The molecule has 2 atom stereocenters. The first-order valence-corrected chi connectivity index (χ1v) is 9.45. The van der Waals surface area contributed by atoms with E-state index in [0.29, 0.717) is 16.0 Å². The first kappa shape index (κ1) is 17.8. The molecule has 1 amide bonds. The number of rotatable bonds is 3. The van der Waals surface area contributed by atoms with Gasteiger partial charge in [-0.15, -0.1) is 10.2 Å². The zero-order valence-corrected chi connectivity index (χ0v) is 15.8. The Hall–Kier alpha value is -2.58. The van der Waals surface area contributed by atoms with Crippen molar-refractivity contribution in [2.75, 3.05) is 10.7 Å². The molecule has 0 saturated heterocycles. The SMILES string of the molecule is Cc1nnc2n1N[C@H](c1ccc(Cl)cc1)[C@@H](C(=O)Nc1ccccc1F)S2. The predicted molar refractivity (Wildman–Crippen MR) is 103 cm³/mol. The van der Waals surface area contributed by atoms with E-state index in [2.05, 4.69) is 20.9 Å². The maximum Gasteiger partial charge on any atom is 0.240 e. The van der Waals surface area contributed by atoms with Gasteiger partial charge in [0.05, 0.1) is 11.7 Å². The molecule has 2 aromatic carbocycles. The van der Waals surface area contributed by atoms with E-state index in [-0.39, 0.29) is 17.6 Å². The molecule has 0 aliphatic carbocycles. The average molecular weight is 404 g/mol. The predicted octanol–water partition coefficient (Wildman–Crippen LogP) is 3.78. The maximum absolute atomic E-state index is 13.9. The summed E-state index contributed by atoms with van der Waals surface area (Å²) in [5.41, 5.74) is 4.30. The van der Waals surface area contributed by atoms with E-state index in [9.17, 15) is 9.18 Å². The summed E-state index contributed by atoms with van der Waals surface area (Å²) in [6.45, 7) is 1.82. The number of hydrogen-bond acceptors (Lipinski definition) is 5. The van der Waals surface area contributed by atoms with Crippen molar-refractivity contribution in [2.45, 2.75) is 23.4 Å². The Morgan fingerprint density at radius 1 is 1.22 bits per heavy atom. The van der Waals surface area contributed by atoms with Gasteiger partial charge in [-0.1, -0.05) is 47.6 Å². The molecule has 138 valence electrons. The van der Waals surface area contributed by atoms with Crippen LogP contribution < -0.4 is 10.7 Å². The lowest BCUT2D eigenvalue weighted by Gasteiger charge is -2.32. The molecule has 0 saturated carbocycles. The van der Waals surface area contributed by atoms with E-state index in [1.165, 1.54) is 23.9 Å². The second kappa shape index (κ2) is 7.21. The van der Waals surface area contributed by atoms with Crippen LogP contribution >= 0.6 is 23.4 Å². The highest BCUT2D eigenvalue weighted by Crippen LogP contribution is 2.37. The Morgan fingerprint density at radius 2 is 1.96 bits per heavy atom. The summed E-state index contributed by atoms with van der Waals surface area (Å²) in [5, 5.41) is 11.4. The van der Waals surface area contributed by atoms with E-state index in [0.717, 1.165) is 5.56 Å². The highest BCUT2D eigenvalue weighted by Gasteiger charge is 2.37. The molecule has 2 heterocycles. The molecular formula is C18H15ClFN5OS. The lowest BCUT2D eigenvalue weighted by molar-refractivity contribution is -0.116. The fourth-order valence-corrected chi connectivity index (χ4v) is 4.10. The van der Waals surface area contributed by atoms with E-state index in [1.807, 2.05) is 19.1 Å². The Morgan fingerprint density at radius 3 is 2.70 bits per heavy atom. The highest BCUT2D eigenvalue weighted by atomic mass is 35.5. The lowest BCUT2D eigenvalue weighted by Crippen LogP contribution is -2.41. The van der Waals surface area contributed by atoms with Crippen molar-refractivity contribution >= 4 is 35.0 Å². The molecule has 1 aromatic heterocycles. The Labute approximate surface area is 164 Å². The summed E-state index contributed by atoms with van der Waals surface area (Å²) in [4.78, 5) is 13.0. The van der Waals surface area contributed by atoms with Gasteiger partial charge in [0, 0.05) is 5.02 Å². The number of thioether (sulfide) groups is 1. The molecular weight excluding hydrogens is 389 g/mol. The largest absolute Gasteiger partial charge is 0.323 e. The van der Waals surface area contributed by atoms with Gasteiger partial charge in [-0.05, 0) is 36.8 Å². The molecule has 0 radical (unpaired) electrons. The lowest BCUT2D eigenvalue weighted by atomic mass is 10.0. The summed E-state index contributed by atoms with van der Waals surface area (Å²) in [5.74, 6) is -0.129. The van der Waals surface area contributed by atoms with Gasteiger partial charge in [0.25, 0.3) is 0 Å². The first-order valence-electron chi connectivity index (χ1n) is 8.19. The maximum atomic E-state index is 13.9. The monoisotopic (exact) mass is 403 g/mol. The van der Waals surface area contributed by atoms with Crippen LogP contribution in [0.2, 0.25) is 5.02 Å². The van der Waals surface area contributed by atoms with Crippen molar-refractivity contribution in [3.8, 4) is 0 Å². The van der Waals surface area contributed by atoms with Crippen LogP contribution in [0.25, 0.3) is 0 Å². The van der Waals surface area contributed by atoms with Crippen LogP contribution in [0.3, 0.4) is 0 Å². The first-order chi connectivity index (χ1) is 13.0. The van der Waals surface area contributed by atoms with Gasteiger partial charge in [-0.3, -0.25) is 4.79 Å². The number of benzene rings is 2. The number of aromatic nitrogens is 3. The van der Waals surface area contributed by atoms with Gasteiger partial charge in [0.2, 0.25) is 11.1 Å². The van der Waals surface area contributed by atoms with E-state index < -0.39 is 11.1 Å². The van der Waals surface area contributed by atoms with Gasteiger partial charge < -0.3 is 10.7 Å². The molecule has 2 N–H and O–H groups in total. The number of carbonyl (C=O) groups is 1. The standard InChI is InChI=1S/C18H15ClFN5OS/c1-10-22-23-18-25(10)24-15(11-6-8-12(19)9-7-11)16(27-18)17(26)21-14-5-3-2-4-13(14)20/h2-9,15-16,24H,1H3,(H,21,26)/t15-,16+/m1/s1. The number of aryl methyl sites for hydroxylation is 1. The summed E-state index contributed by atoms with van der Waals surface area (Å²) in [6, 6.07) is 12.9. The molecule has 3 aromatic rings. The second-order valence-corrected chi connectivity index (χ2v) is 7.58. The minimum Gasteiger partial charge on any atom is -0.323 e. The zero-order valence-electron chi connectivity index (χ0n) is 14.2. The van der Waals surface area contributed by atoms with Crippen LogP contribution in [-0.2, 0) is 4.79 Å². The Bertz CT molecular complexity index is 994. The number of fused-ring (bicyclic) bond motifs is 1. The van der Waals surface area contributed by atoms with Gasteiger partial charge in [0.15, 0.2) is 0 Å². The van der Waals surface area contributed by atoms with Crippen LogP contribution in [0.5, 0.6) is 0 Å². The van der Waals surface area contributed by atoms with Crippen molar-refractivity contribution in [1.82, 2.24) is 14.9 Å². The summed E-state index contributed by atoms with van der Waals surface area (Å²) >= 11 is 7.27. The fraction of sp³-hybridized carbons (Fsp3) is 0.167. The number of halogens is 2. The van der Waals surface area contributed by atoms with Crippen molar-refractivity contribution in [3.63, 3.8) is 0 Å². The fourth-order valence-electron chi connectivity index (χ4n) is 2.85. The van der Waals surface area contributed by atoms with Crippen molar-refractivity contribution in [3.05, 3.63) is 70.8 Å². The molecule has 9 heteroatoms. The Balaban J connectivity index is 1.68. The number of carbonyl (C=O) groups excluding carboxylic acids is 1. The summed E-state index contributed by atoms with van der Waals surface area (Å²) in [7, 11) is 0. The number of nitrogens with zero attached hydrogens (tertiary/aromatic N) is 3. The number of nitrogens with one attached hydrogen (secondary N) is 2. The van der Waals surface area contributed by atoms with Crippen molar-refractivity contribution in [1.29, 1.82) is 0 Å². The summed E-state index contributed by atoms with van der Waals surface area (Å²) in [6.07, 6.45) is 0. The molecule has 1 aliphatic heterocycles. The van der Waals surface area contributed by atoms with Gasteiger partial charge in [0.1, 0.15) is 16.9 Å². The third-order valence-electron chi connectivity index (χ3n) is 4.22. The highest BCUT2D eigenvalue weighted by molar-refractivity contribution is 8.00. The average Bonchev–Trinajstić information content (AvgIpc) is 3.03. The van der Waals surface area contributed by atoms with Crippen LogP contribution in [0.15, 0.2) is 53.7 Å². The summed E-state index contributed by atoms with van der Waals surface area (Å²) < 4.78 is 15.7. The van der Waals surface area contributed by atoms with E-state index in [4.69, 9.17) is 11.6 Å². The second-order valence-electron chi connectivity index (χ2n) is 6.03. The van der Waals surface area contributed by atoms with Crippen LogP contribution in [0, 0.1) is 12.7 Å². The number of para-hydroxylation sites is 1. The zero-order chi connectivity index (χ0) is 19.0. The number of anilines is 1. The van der Waals surface area contributed by atoms with Crippen LogP contribution in [0.4, 0.5) is 10.1 Å². The minimum absolute atomic E-state index is 0.140. The normalized spacial score (nSPS) is 18.5. The quantitative estimate of drug-likeness (QED) is 0.696. The molecule has 0 bridgehead atoms. The molecule has 4 rings (SSSR count). The molecule has 0 fully saturated rings.